The fourth-order valence-electron chi connectivity index (χ4n) is 5.44. The fraction of sp³-hybridized carbons (Fsp3) is 0.303. The number of H-pyrrole nitrogens is 1. The van der Waals surface area contributed by atoms with Crippen molar-refractivity contribution in [1.82, 2.24) is 20.2 Å². The summed E-state index contributed by atoms with van der Waals surface area (Å²) in [6.45, 7) is 3.45. The summed E-state index contributed by atoms with van der Waals surface area (Å²) in [4.78, 5) is 60.9. The number of carbonyl (C=O) groups excluding carboxylic acids is 3. The van der Waals surface area contributed by atoms with E-state index in [-0.39, 0.29) is 24.0 Å². The summed E-state index contributed by atoms with van der Waals surface area (Å²) in [6, 6.07) is 20.8. The summed E-state index contributed by atoms with van der Waals surface area (Å²) in [5, 5.41) is 17.3. The SMILES string of the molecule is CC(C)(N)C(=O)N[C@H](Cc1ccc2ccccc2c1)C(=O)Nc1cnc(C(C(=O)N2CCC[C@H]2C(=O)O)c2ccccc2)[nH]1. The Morgan fingerprint density at radius 2 is 1.75 bits per heavy atom. The molecule has 1 unspecified atom stereocenters. The molecule has 1 saturated heterocycles. The summed E-state index contributed by atoms with van der Waals surface area (Å²) < 4.78 is 0. The second-order valence-corrected chi connectivity index (χ2v) is 11.7. The van der Waals surface area contributed by atoms with E-state index in [1.54, 1.807) is 38.1 Å². The van der Waals surface area contributed by atoms with Crippen molar-refractivity contribution in [2.75, 3.05) is 11.9 Å². The Morgan fingerprint density at radius 3 is 2.45 bits per heavy atom. The van der Waals surface area contributed by atoms with Crippen molar-refractivity contribution in [3.8, 4) is 0 Å². The van der Waals surface area contributed by atoms with Gasteiger partial charge in [-0.3, -0.25) is 14.4 Å². The number of hydrogen-bond donors (Lipinski definition) is 5. The third kappa shape index (κ3) is 6.78. The van der Waals surface area contributed by atoms with Gasteiger partial charge in [0.25, 0.3) is 0 Å². The minimum Gasteiger partial charge on any atom is -0.480 e. The van der Waals surface area contributed by atoms with Crippen LogP contribution in [0.3, 0.4) is 0 Å². The molecule has 1 aromatic heterocycles. The molecule has 228 valence electrons. The van der Waals surface area contributed by atoms with Gasteiger partial charge >= 0.3 is 5.97 Å². The number of anilines is 1. The molecule has 2 heterocycles. The number of aromatic nitrogens is 2. The Kier molecular flexibility index (Phi) is 8.77. The van der Waals surface area contributed by atoms with Gasteiger partial charge in [-0.25, -0.2) is 9.78 Å². The van der Waals surface area contributed by atoms with Gasteiger partial charge in [-0.1, -0.05) is 72.8 Å². The van der Waals surface area contributed by atoms with E-state index in [2.05, 4.69) is 20.6 Å². The highest BCUT2D eigenvalue weighted by Crippen LogP contribution is 2.30. The van der Waals surface area contributed by atoms with Crippen molar-refractivity contribution in [3.63, 3.8) is 0 Å². The fourth-order valence-corrected chi connectivity index (χ4v) is 5.44. The molecule has 1 aliphatic heterocycles. The summed E-state index contributed by atoms with van der Waals surface area (Å²) in [5.74, 6) is -2.86. The first kappa shape index (κ1) is 30.4. The van der Waals surface area contributed by atoms with Crippen LogP contribution < -0.4 is 16.4 Å². The molecule has 1 fully saturated rings. The first-order valence-electron chi connectivity index (χ1n) is 14.5. The molecule has 0 aliphatic carbocycles. The van der Waals surface area contributed by atoms with Crippen LogP contribution in [-0.4, -0.2) is 67.8 Å². The standard InChI is InChI=1S/C33H36N6O5/c1-33(2,34)32(44)36-24(18-20-14-15-21-9-6-7-12-23(21)17-20)29(40)38-26-19-35-28(37-26)27(22-10-4-3-5-11-22)30(41)39-16-8-13-25(39)31(42)43/h3-7,9-12,14-15,17,19,24-25,27H,8,13,16,18,34H2,1-2H3,(H,35,37)(H,36,44)(H,38,40)(H,42,43)/t24-,25+,27?/m1/s1. The maximum Gasteiger partial charge on any atom is 0.326 e. The second-order valence-electron chi connectivity index (χ2n) is 11.7. The number of amides is 3. The number of carboxylic acids is 1. The van der Waals surface area contributed by atoms with E-state index in [4.69, 9.17) is 5.73 Å². The number of likely N-dealkylation sites (tertiary alicyclic amines) is 1. The van der Waals surface area contributed by atoms with Gasteiger partial charge in [0.15, 0.2) is 0 Å². The lowest BCUT2D eigenvalue weighted by molar-refractivity contribution is -0.148. The molecule has 11 heteroatoms. The van der Waals surface area contributed by atoms with Crippen molar-refractivity contribution in [3.05, 3.63) is 95.9 Å². The predicted octanol–water partition coefficient (Wildman–Crippen LogP) is 3.17. The Morgan fingerprint density at radius 1 is 1.05 bits per heavy atom. The molecule has 11 nitrogen and oxygen atoms in total. The molecule has 0 radical (unpaired) electrons. The van der Waals surface area contributed by atoms with E-state index in [0.717, 1.165) is 16.3 Å². The summed E-state index contributed by atoms with van der Waals surface area (Å²) >= 11 is 0. The number of nitrogens with zero attached hydrogens (tertiary/aromatic N) is 2. The average molecular weight is 597 g/mol. The van der Waals surface area contributed by atoms with Gasteiger partial charge in [-0.15, -0.1) is 0 Å². The van der Waals surface area contributed by atoms with Crippen LogP contribution in [0, 0.1) is 0 Å². The number of carboxylic acid groups (broad SMARTS) is 1. The molecule has 4 aromatic rings. The van der Waals surface area contributed by atoms with E-state index in [0.29, 0.717) is 24.9 Å². The van der Waals surface area contributed by atoms with E-state index < -0.39 is 41.3 Å². The van der Waals surface area contributed by atoms with Gasteiger partial charge in [0, 0.05) is 13.0 Å². The van der Waals surface area contributed by atoms with Crippen LogP contribution in [0.1, 0.15) is 49.6 Å². The number of aliphatic carboxylic acids is 1. The number of imidazole rings is 1. The smallest absolute Gasteiger partial charge is 0.326 e. The van der Waals surface area contributed by atoms with Crippen LogP contribution in [0.5, 0.6) is 0 Å². The molecule has 3 amide bonds. The summed E-state index contributed by atoms with van der Waals surface area (Å²) in [7, 11) is 0. The minimum absolute atomic E-state index is 0.205. The van der Waals surface area contributed by atoms with Gasteiger partial charge in [0.1, 0.15) is 29.6 Å². The van der Waals surface area contributed by atoms with E-state index >= 15 is 0 Å². The number of rotatable bonds is 10. The lowest BCUT2D eigenvalue weighted by Gasteiger charge is -2.26. The van der Waals surface area contributed by atoms with Gasteiger partial charge in [0.2, 0.25) is 17.7 Å². The highest BCUT2D eigenvalue weighted by Gasteiger charge is 2.39. The molecule has 44 heavy (non-hydrogen) atoms. The Hall–Kier alpha value is -5.03. The highest BCUT2D eigenvalue weighted by molar-refractivity contribution is 5.98. The van der Waals surface area contributed by atoms with Gasteiger partial charge < -0.3 is 31.4 Å². The monoisotopic (exact) mass is 596 g/mol. The summed E-state index contributed by atoms with van der Waals surface area (Å²) in [6.07, 6.45) is 2.58. The van der Waals surface area contributed by atoms with Crippen molar-refractivity contribution in [2.24, 2.45) is 5.73 Å². The van der Waals surface area contributed by atoms with Crippen LogP contribution >= 0.6 is 0 Å². The lowest BCUT2D eigenvalue weighted by atomic mass is 9.96. The molecule has 3 atom stereocenters. The zero-order chi connectivity index (χ0) is 31.4. The number of nitrogens with two attached hydrogens (primary N) is 1. The molecular weight excluding hydrogens is 560 g/mol. The van der Waals surface area contributed by atoms with Crippen LogP contribution in [0.2, 0.25) is 0 Å². The van der Waals surface area contributed by atoms with Crippen LogP contribution in [0.15, 0.2) is 79.0 Å². The molecule has 0 saturated carbocycles. The number of aromatic amines is 1. The zero-order valence-electron chi connectivity index (χ0n) is 24.6. The minimum atomic E-state index is -1.21. The van der Waals surface area contributed by atoms with Gasteiger partial charge in [0.05, 0.1) is 11.7 Å². The topological polar surface area (TPSA) is 171 Å². The molecule has 0 bridgehead atoms. The van der Waals surface area contributed by atoms with Gasteiger partial charge in [-0.2, -0.15) is 0 Å². The first-order valence-corrected chi connectivity index (χ1v) is 14.5. The van der Waals surface area contributed by atoms with Gasteiger partial charge in [-0.05, 0) is 48.6 Å². The molecule has 3 aromatic carbocycles. The number of hydrogen-bond acceptors (Lipinski definition) is 6. The average Bonchev–Trinajstić information content (AvgIpc) is 3.67. The normalized spacial score (nSPS) is 16.3. The number of carbonyl (C=O) groups is 4. The van der Waals surface area contributed by atoms with E-state index in [1.807, 2.05) is 48.5 Å². The number of fused-ring (bicyclic) bond motifs is 1. The van der Waals surface area contributed by atoms with Crippen molar-refractivity contribution >= 4 is 40.3 Å². The molecule has 1 aliphatic rings. The van der Waals surface area contributed by atoms with Crippen LogP contribution in [-0.2, 0) is 25.6 Å². The third-order valence-electron chi connectivity index (χ3n) is 7.79. The maximum absolute atomic E-state index is 13.8. The molecule has 0 spiro atoms. The largest absolute Gasteiger partial charge is 0.480 e. The Balaban J connectivity index is 1.40. The maximum atomic E-state index is 13.8. The zero-order valence-corrected chi connectivity index (χ0v) is 24.6. The van der Waals surface area contributed by atoms with Crippen molar-refractivity contribution in [2.45, 2.75) is 56.7 Å². The third-order valence-corrected chi connectivity index (χ3v) is 7.79. The molecule has 6 N–H and O–H groups in total. The second kappa shape index (κ2) is 12.7. The van der Waals surface area contributed by atoms with Crippen LogP contribution in [0.25, 0.3) is 10.8 Å². The highest BCUT2D eigenvalue weighted by atomic mass is 16.4. The summed E-state index contributed by atoms with van der Waals surface area (Å²) in [5.41, 5.74) is 6.28. The van der Waals surface area contributed by atoms with Crippen molar-refractivity contribution < 1.29 is 24.3 Å². The quantitative estimate of drug-likeness (QED) is 0.187. The molecular formula is C33H36N6O5. The predicted molar refractivity (Wildman–Crippen MR) is 166 cm³/mol. The number of benzene rings is 3. The molecule has 5 rings (SSSR count). The van der Waals surface area contributed by atoms with E-state index in [9.17, 15) is 24.3 Å². The first-order chi connectivity index (χ1) is 21.0. The van der Waals surface area contributed by atoms with E-state index in [1.165, 1.54) is 11.1 Å². The van der Waals surface area contributed by atoms with Crippen molar-refractivity contribution in [1.29, 1.82) is 0 Å². The number of nitrogens with one attached hydrogen (secondary N) is 3. The van der Waals surface area contributed by atoms with Crippen LogP contribution in [0.4, 0.5) is 5.82 Å². The lowest BCUT2D eigenvalue weighted by Crippen LogP contribution is -2.55. The Bertz CT molecular complexity index is 1680. The Labute approximate surface area is 254 Å².